The zero-order valence-electron chi connectivity index (χ0n) is 9.76. The number of sulfonamides is 1. The molecule has 19 heavy (non-hydrogen) atoms. The van der Waals surface area contributed by atoms with E-state index in [0.717, 1.165) is 5.56 Å². The van der Waals surface area contributed by atoms with Gasteiger partial charge >= 0.3 is 0 Å². The Hall–Kier alpha value is -0.960. The molecule has 0 saturated carbocycles. The molecular formula is C10H10BrClN4O2S. The van der Waals surface area contributed by atoms with Crippen LogP contribution < -0.4 is 4.72 Å². The van der Waals surface area contributed by atoms with Gasteiger partial charge in [-0.1, -0.05) is 11.6 Å². The van der Waals surface area contributed by atoms with E-state index in [2.05, 4.69) is 35.8 Å². The maximum Gasteiger partial charge on any atom is 0.244 e. The van der Waals surface area contributed by atoms with Gasteiger partial charge in [-0.25, -0.2) is 18.1 Å². The summed E-state index contributed by atoms with van der Waals surface area (Å²) in [7, 11) is -3.75. The van der Waals surface area contributed by atoms with Crippen LogP contribution in [0.2, 0.25) is 5.15 Å². The quantitative estimate of drug-likeness (QED) is 0.814. The van der Waals surface area contributed by atoms with Crippen LogP contribution in [0.4, 0.5) is 0 Å². The fourth-order valence-corrected chi connectivity index (χ4v) is 3.63. The second-order valence-electron chi connectivity index (χ2n) is 3.82. The van der Waals surface area contributed by atoms with Crippen molar-refractivity contribution in [3.05, 3.63) is 39.8 Å². The molecule has 0 amide bonds. The van der Waals surface area contributed by atoms with E-state index in [4.69, 9.17) is 11.6 Å². The van der Waals surface area contributed by atoms with E-state index < -0.39 is 16.1 Å². The largest absolute Gasteiger partial charge is 0.285 e. The minimum absolute atomic E-state index is 0.0705. The first-order chi connectivity index (χ1) is 8.90. The molecule has 0 aromatic carbocycles. The molecule has 1 unspecified atom stereocenters. The Balaban J connectivity index is 2.30. The molecular weight excluding hydrogens is 356 g/mol. The van der Waals surface area contributed by atoms with Crippen molar-refractivity contribution in [3.63, 3.8) is 0 Å². The third kappa shape index (κ3) is 3.33. The first-order valence-corrected chi connectivity index (χ1v) is 7.87. The van der Waals surface area contributed by atoms with Gasteiger partial charge in [0, 0.05) is 28.5 Å². The Morgan fingerprint density at radius 3 is 2.84 bits per heavy atom. The van der Waals surface area contributed by atoms with Crippen molar-refractivity contribution in [1.29, 1.82) is 0 Å². The van der Waals surface area contributed by atoms with Crippen molar-refractivity contribution in [2.75, 3.05) is 0 Å². The number of aromatic nitrogens is 3. The van der Waals surface area contributed by atoms with Crippen LogP contribution in [0.1, 0.15) is 18.5 Å². The third-order valence-electron chi connectivity index (χ3n) is 2.41. The monoisotopic (exact) mass is 364 g/mol. The molecule has 0 aliphatic carbocycles. The number of halogens is 2. The molecule has 102 valence electrons. The molecule has 2 aromatic rings. The summed E-state index contributed by atoms with van der Waals surface area (Å²) in [6, 6.07) is 0.971. The van der Waals surface area contributed by atoms with Gasteiger partial charge in [0.25, 0.3) is 0 Å². The van der Waals surface area contributed by atoms with Gasteiger partial charge in [-0.05, 0) is 28.9 Å². The average Bonchev–Trinajstić information content (AvgIpc) is 2.85. The molecule has 2 rings (SSSR count). The SMILES string of the molecule is CC(NS(=O)(=O)c1cc(Br)cnc1Cl)c1cn[nH]c1. The summed E-state index contributed by atoms with van der Waals surface area (Å²) in [5.41, 5.74) is 0.725. The maximum absolute atomic E-state index is 12.2. The van der Waals surface area contributed by atoms with Crippen molar-refractivity contribution in [2.24, 2.45) is 0 Å². The highest BCUT2D eigenvalue weighted by Gasteiger charge is 2.22. The standard InChI is InChI=1S/C10H10BrClN4O2S/c1-6(7-3-14-15-4-7)16-19(17,18)9-2-8(11)5-13-10(9)12/h2-6,16H,1H3,(H,14,15). The molecule has 0 spiro atoms. The number of aromatic amines is 1. The first kappa shape index (κ1) is 14.4. The van der Waals surface area contributed by atoms with Gasteiger partial charge in [-0.15, -0.1) is 0 Å². The predicted octanol–water partition coefficient (Wildman–Crippen LogP) is 2.26. The summed E-state index contributed by atoms with van der Waals surface area (Å²) in [5.74, 6) is 0. The number of hydrogen-bond acceptors (Lipinski definition) is 4. The van der Waals surface area contributed by atoms with Crippen molar-refractivity contribution >= 4 is 37.6 Å². The van der Waals surface area contributed by atoms with Crippen LogP contribution in [0.25, 0.3) is 0 Å². The smallest absolute Gasteiger partial charge is 0.244 e. The van der Waals surface area contributed by atoms with E-state index in [1.54, 1.807) is 19.3 Å². The normalized spacial score (nSPS) is 13.4. The molecule has 2 aromatic heterocycles. The third-order valence-corrected chi connectivity index (χ3v) is 4.82. The summed E-state index contributed by atoms with van der Waals surface area (Å²) < 4.78 is 27.5. The van der Waals surface area contributed by atoms with Gasteiger partial charge in [0.2, 0.25) is 10.0 Å². The van der Waals surface area contributed by atoms with Crippen molar-refractivity contribution in [3.8, 4) is 0 Å². The molecule has 2 N–H and O–H groups in total. The second kappa shape index (κ2) is 5.58. The molecule has 0 saturated heterocycles. The number of H-pyrrole nitrogens is 1. The van der Waals surface area contributed by atoms with Crippen LogP contribution in [0.3, 0.4) is 0 Å². The number of nitrogens with one attached hydrogen (secondary N) is 2. The lowest BCUT2D eigenvalue weighted by molar-refractivity contribution is 0.566. The van der Waals surface area contributed by atoms with Crippen LogP contribution in [-0.4, -0.2) is 23.6 Å². The molecule has 6 nitrogen and oxygen atoms in total. The van der Waals surface area contributed by atoms with E-state index in [0.29, 0.717) is 4.47 Å². The summed E-state index contributed by atoms with van der Waals surface area (Å²) >= 11 is 8.98. The highest BCUT2D eigenvalue weighted by Crippen LogP contribution is 2.24. The Labute approximate surface area is 123 Å². The fourth-order valence-electron chi connectivity index (χ4n) is 1.45. The van der Waals surface area contributed by atoms with Crippen LogP contribution in [-0.2, 0) is 10.0 Å². The van der Waals surface area contributed by atoms with E-state index in [1.165, 1.54) is 12.3 Å². The summed E-state index contributed by atoms with van der Waals surface area (Å²) in [5, 5.41) is 6.32. The van der Waals surface area contributed by atoms with Gasteiger partial charge in [0.15, 0.2) is 0 Å². The van der Waals surface area contributed by atoms with Crippen LogP contribution in [0.15, 0.2) is 34.0 Å². The minimum Gasteiger partial charge on any atom is -0.285 e. The molecule has 9 heteroatoms. The highest BCUT2D eigenvalue weighted by molar-refractivity contribution is 9.10. The molecule has 0 aliphatic rings. The molecule has 0 radical (unpaired) electrons. The minimum atomic E-state index is -3.75. The Kier molecular flexibility index (Phi) is 4.24. The lowest BCUT2D eigenvalue weighted by Gasteiger charge is -2.13. The molecule has 2 heterocycles. The molecule has 0 aliphatic heterocycles. The summed E-state index contributed by atoms with van der Waals surface area (Å²) in [6.45, 7) is 1.71. The average molecular weight is 366 g/mol. The lowest BCUT2D eigenvalue weighted by Crippen LogP contribution is -2.27. The predicted molar refractivity (Wildman–Crippen MR) is 74.3 cm³/mol. The van der Waals surface area contributed by atoms with E-state index in [9.17, 15) is 8.42 Å². The van der Waals surface area contributed by atoms with Gasteiger partial charge in [-0.3, -0.25) is 5.10 Å². The maximum atomic E-state index is 12.2. The van der Waals surface area contributed by atoms with Crippen molar-refractivity contribution in [1.82, 2.24) is 19.9 Å². The van der Waals surface area contributed by atoms with Crippen LogP contribution in [0.5, 0.6) is 0 Å². The van der Waals surface area contributed by atoms with Crippen LogP contribution >= 0.6 is 27.5 Å². The summed E-state index contributed by atoms with van der Waals surface area (Å²) in [6.07, 6.45) is 4.60. The zero-order valence-corrected chi connectivity index (χ0v) is 12.9. The molecule has 0 bridgehead atoms. The topological polar surface area (TPSA) is 87.7 Å². The van der Waals surface area contributed by atoms with Gasteiger partial charge in [0.1, 0.15) is 10.0 Å². The van der Waals surface area contributed by atoms with E-state index in [1.807, 2.05) is 0 Å². The van der Waals surface area contributed by atoms with E-state index >= 15 is 0 Å². The second-order valence-corrected chi connectivity index (χ2v) is 6.77. The Morgan fingerprint density at radius 2 is 2.21 bits per heavy atom. The first-order valence-electron chi connectivity index (χ1n) is 5.22. The molecule has 0 fully saturated rings. The molecule has 1 atom stereocenters. The van der Waals surface area contributed by atoms with Crippen LogP contribution in [0, 0.1) is 0 Å². The number of pyridine rings is 1. The zero-order chi connectivity index (χ0) is 14.0. The highest BCUT2D eigenvalue weighted by atomic mass is 79.9. The van der Waals surface area contributed by atoms with Crippen molar-refractivity contribution in [2.45, 2.75) is 17.9 Å². The lowest BCUT2D eigenvalue weighted by atomic mass is 10.2. The van der Waals surface area contributed by atoms with Gasteiger partial charge in [-0.2, -0.15) is 5.10 Å². The van der Waals surface area contributed by atoms with Gasteiger partial charge < -0.3 is 0 Å². The van der Waals surface area contributed by atoms with E-state index in [-0.39, 0.29) is 10.0 Å². The Morgan fingerprint density at radius 1 is 1.47 bits per heavy atom. The Bertz CT molecular complexity index is 675. The fraction of sp³-hybridized carbons (Fsp3) is 0.200. The number of hydrogen-bond donors (Lipinski definition) is 2. The summed E-state index contributed by atoms with van der Waals surface area (Å²) in [4.78, 5) is 3.73. The van der Waals surface area contributed by atoms with Gasteiger partial charge in [0.05, 0.1) is 6.20 Å². The number of rotatable bonds is 4. The van der Waals surface area contributed by atoms with Crippen molar-refractivity contribution < 1.29 is 8.42 Å². The number of nitrogens with zero attached hydrogens (tertiary/aromatic N) is 2.